The second kappa shape index (κ2) is 10.3. The molecule has 5 nitrogen and oxygen atoms in total. The number of benzene rings is 1. The number of hydrogen-bond acceptors (Lipinski definition) is 6. The SMILES string of the molecule is CCOC(=O)c1cc(C#N)cn1/C(C)=C(/CCO)SSc1ccc(C)cc1. The number of aliphatic hydroxyl groups excluding tert-OH is 1. The first-order chi connectivity index (χ1) is 13.0. The number of rotatable bonds is 8. The van der Waals surface area contributed by atoms with Gasteiger partial charge in [0.1, 0.15) is 11.8 Å². The molecule has 0 aliphatic rings. The Labute approximate surface area is 167 Å². The molecule has 0 bridgehead atoms. The molecule has 7 heteroatoms. The molecule has 0 unspecified atom stereocenters. The Bertz CT molecular complexity index is 864. The van der Waals surface area contributed by atoms with E-state index in [0.717, 1.165) is 15.5 Å². The quantitative estimate of drug-likeness (QED) is 0.502. The monoisotopic (exact) mass is 402 g/mol. The average molecular weight is 403 g/mol. The summed E-state index contributed by atoms with van der Waals surface area (Å²) in [7, 11) is 3.13. The minimum absolute atomic E-state index is 0.00472. The highest BCUT2D eigenvalue weighted by Crippen LogP contribution is 2.41. The summed E-state index contributed by atoms with van der Waals surface area (Å²) in [6.45, 7) is 5.91. The van der Waals surface area contributed by atoms with E-state index in [0.29, 0.717) is 17.7 Å². The van der Waals surface area contributed by atoms with Gasteiger partial charge >= 0.3 is 5.97 Å². The molecular formula is C20H22N2O3S2. The van der Waals surface area contributed by atoms with Crippen molar-refractivity contribution in [1.29, 1.82) is 5.26 Å². The fraction of sp³-hybridized carbons (Fsp3) is 0.300. The van der Waals surface area contributed by atoms with Crippen LogP contribution in [0.5, 0.6) is 0 Å². The van der Waals surface area contributed by atoms with E-state index in [4.69, 9.17) is 4.74 Å². The van der Waals surface area contributed by atoms with Crippen LogP contribution in [-0.2, 0) is 4.74 Å². The van der Waals surface area contributed by atoms with Crippen molar-refractivity contribution in [3.05, 3.63) is 58.3 Å². The van der Waals surface area contributed by atoms with Gasteiger partial charge in [0.2, 0.25) is 0 Å². The molecule has 0 saturated heterocycles. The van der Waals surface area contributed by atoms with Crippen molar-refractivity contribution in [2.45, 2.75) is 32.1 Å². The van der Waals surface area contributed by atoms with Crippen molar-refractivity contribution in [3.63, 3.8) is 0 Å². The number of aliphatic hydroxyl groups is 1. The molecule has 0 amide bonds. The van der Waals surface area contributed by atoms with Crippen molar-refractivity contribution in [1.82, 2.24) is 4.57 Å². The zero-order valence-corrected chi connectivity index (χ0v) is 17.2. The number of aryl methyl sites for hydroxylation is 1. The Morgan fingerprint density at radius 3 is 2.63 bits per heavy atom. The molecule has 142 valence electrons. The third kappa shape index (κ3) is 5.67. The van der Waals surface area contributed by atoms with Crippen LogP contribution in [0.4, 0.5) is 0 Å². The van der Waals surface area contributed by atoms with Gasteiger partial charge in [-0.25, -0.2) is 4.79 Å². The molecule has 0 fully saturated rings. The van der Waals surface area contributed by atoms with Crippen LogP contribution in [0.1, 0.15) is 41.9 Å². The minimum Gasteiger partial charge on any atom is -0.461 e. The number of nitriles is 1. The first kappa shape index (κ1) is 21.2. The molecule has 0 spiro atoms. The van der Waals surface area contributed by atoms with E-state index >= 15 is 0 Å². The number of carbonyl (C=O) groups is 1. The lowest BCUT2D eigenvalue weighted by atomic mass is 10.2. The lowest BCUT2D eigenvalue weighted by molar-refractivity contribution is 0.0517. The van der Waals surface area contributed by atoms with Crippen molar-refractivity contribution in [2.75, 3.05) is 13.2 Å². The van der Waals surface area contributed by atoms with Gasteiger partial charge in [-0.1, -0.05) is 39.3 Å². The molecule has 1 aromatic heterocycles. The highest BCUT2D eigenvalue weighted by atomic mass is 33.1. The van der Waals surface area contributed by atoms with Crippen LogP contribution in [0.2, 0.25) is 0 Å². The standard InChI is InChI=1S/C20H22N2O3S2/c1-4-25-20(24)18-11-16(12-21)13-22(18)15(3)19(9-10-23)27-26-17-7-5-14(2)6-8-17/h5-8,11,13,23H,4,9-10H2,1-3H3/b19-15-. The lowest BCUT2D eigenvalue weighted by Gasteiger charge is -2.14. The molecular weight excluding hydrogens is 380 g/mol. The topological polar surface area (TPSA) is 75.2 Å². The molecule has 0 aliphatic carbocycles. The van der Waals surface area contributed by atoms with Crippen LogP contribution in [0.15, 0.2) is 46.3 Å². The molecule has 0 saturated carbocycles. The van der Waals surface area contributed by atoms with Gasteiger partial charge in [0, 0.05) is 34.7 Å². The summed E-state index contributed by atoms with van der Waals surface area (Å²) in [6.07, 6.45) is 2.08. The van der Waals surface area contributed by atoms with E-state index < -0.39 is 5.97 Å². The second-order valence-electron chi connectivity index (χ2n) is 5.78. The summed E-state index contributed by atoms with van der Waals surface area (Å²) < 4.78 is 6.77. The van der Waals surface area contributed by atoms with Crippen molar-refractivity contribution < 1.29 is 14.6 Å². The van der Waals surface area contributed by atoms with Crippen LogP contribution in [0, 0.1) is 18.3 Å². The number of nitrogens with zero attached hydrogens (tertiary/aromatic N) is 2. The summed E-state index contributed by atoms with van der Waals surface area (Å²) in [5.41, 5.74) is 2.68. The Morgan fingerprint density at radius 2 is 2.04 bits per heavy atom. The summed E-state index contributed by atoms with van der Waals surface area (Å²) in [5.74, 6) is -0.474. The first-order valence-electron chi connectivity index (χ1n) is 8.52. The fourth-order valence-corrected chi connectivity index (χ4v) is 4.75. The molecule has 1 heterocycles. The maximum absolute atomic E-state index is 12.3. The molecule has 0 aliphatic heterocycles. The predicted molar refractivity (Wildman–Crippen MR) is 110 cm³/mol. The van der Waals surface area contributed by atoms with Crippen molar-refractivity contribution >= 4 is 33.3 Å². The van der Waals surface area contributed by atoms with Gasteiger partial charge in [0.25, 0.3) is 0 Å². The molecule has 27 heavy (non-hydrogen) atoms. The normalized spacial score (nSPS) is 11.7. The number of allylic oxidation sites excluding steroid dienone is 1. The van der Waals surface area contributed by atoms with Gasteiger partial charge in [-0.05, 0) is 39.0 Å². The summed E-state index contributed by atoms with van der Waals surface area (Å²) >= 11 is 0. The average Bonchev–Trinajstić information content (AvgIpc) is 3.11. The molecule has 1 N–H and O–H groups in total. The molecule has 0 radical (unpaired) electrons. The third-order valence-electron chi connectivity index (χ3n) is 3.80. The van der Waals surface area contributed by atoms with E-state index in [9.17, 15) is 15.2 Å². The Morgan fingerprint density at radius 1 is 1.33 bits per heavy atom. The first-order valence-corrected chi connectivity index (χ1v) is 10.7. The van der Waals surface area contributed by atoms with Crippen LogP contribution in [-0.4, -0.2) is 28.9 Å². The smallest absolute Gasteiger partial charge is 0.355 e. The Kier molecular flexibility index (Phi) is 8.04. The minimum atomic E-state index is -0.474. The zero-order chi connectivity index (χ0) is 19.8. The van der Waals surface area contributed by atoms with E-state index in [1.165, 1.54) is 22.4 Å². The molecule has 2 aromatic rings. The number of ether oxygens (including phenoxy) is 1. The number of hydrogen-bond donors (Lipinski definition) is 1. The van der Waals surface area contributed by atoms with Crippen molar-refractivity contribution in [2.24, 2.45) is 0 Å². The zero-order valence-electron chi connectivity index (χ0n) is 15.6. The van der Waals surface area contributed by atoms with E-state index in [-0.39, 0.29) is 13.2 Å². The van der Waals surface area contributed by atoms with Crippen LogP contribution in [0.3, 0.4) is 0 Å². The molecule has 1 aromatic carbocycles. The Balaban J connectivity index is 2.35. The summed E-state index contributed by atoms with van der Waals surface area (Å²) in [4.78, 5) is 14.3. The number of esters is 1. The highest BCUT2D eigenvalue weighted by Gasteiger charge is 2.18. The number of carbonyl (C=O) groups excluding carboxylic acids is 1. The number of aromatic nitrogens is 1. The van der Waals surface area contributed by atoms with Crippen LogP contribution >= 0.6 is 21.6 Å². The second-order valence-corrected chi connectivity index (χ2v) is 8.08. The lowest BCUT2D eigenvalue weighted by Crippen LogP contribution is -2.11. The van der Waals surface area contributed by atoms with Gasteiger partial charge in [-0.15, -0.1) is 0 Å². The van der Waals surface area contributed by atoms with Gasteiger partial charge in [-0.2, -0.15) is 5.26 Å². The predicted octanol–water partition coefficient (Wildman–Crippen LogP) is 4.86. The highest BCUT2D eigenvalue weighted by molar-refractivity contribution is 8.78. The van der Waals surface area contributed by atoms with Gasteiger partial charge in [0.05, 0.1) is 12.2 Å². The van der Waals surface area contributed by atoms with E-state index in [2.05, 4.69) is 18.2 Å². The summed E-state index contributed by atoms with van der Waals surface area (Å²) in [6, 6.07) is 11.8. The van der Waals surface area contributed by atoms with Gasteiger partial charge < -0.3 is 14.4 Å². The van der Waals surface area contributed by atoms with Crippen molar-refractivity contribution in [3.8, 4) is 6.07 Å². The third-order valence-corrected chi connectivity index (χ3v) is 6.48. The Hall–Kier alpha value is -2.14. The molecule has 2 rings (SSSR count). The van der Waals surface area contributed by atoms with Gasteiger partial charge in [-0.3, -0.25) is 0 Å². The largest absolute Gasteiger partial charge is 0.461 e. The van der Waals surface area contributed by atoms with Gasteiger partial charge in [0.15, 0.2) is 0 Å². The van der Waals surface area contributed by atoms with E-state index in [1.54, 1.807) is 28.5 Å². The summed E-state index contributed by atoms with van der Waals surface area (Å²) in [5, 5.41) is 18.7. The van der Waals surface area contributed by atoms with E-state index in [1.807, 2.05) is 26.0 Å². The van der Waals surface area contributed by atoms with Crippen LogP contribution < -0.4 is 0 Å². The molecule has 0 atom stereocenters. The van der Waals surface area contributed by atoms with Crippen LogP contribution in [0.25, 0.3) is 5.70 Å². The fourth-order valence-electron chi connectivity index (χ4n) is 2.37. The maximum Gasteiger partial charge on any atom is 0.355 e. The maximum atomic E-state index is 12.3.